The Bertz CT molecular complexity index is 523. The number of carbonyl (C=O) groups excluding carboxylic acids is 2. The van der Waals surface area contributed by atoms with Crippen LogP contribution in [0.15, 0.2) is 23.4 Å². The number of thioether (sulfide) groups is 1. The third-order valence-corrected chi connectivity index (χ3v) is 3.92. The second-order valence-corrected chi connectivity index (χ2v) is 5.24. The van der Waals surface area contributed by atoms with Crippen molar-refractivity contribution in [2.75, 3.05) is 19.9 Å². The van der Waals surface area contributed by atoms with Crippen LogP contribution < -0.4 is 0 Å². The van der Waals surface area contributed by atoms with E-state index in [1.54, 1.807) is 18.3 Å². The normalized spacial score (nSPS) is 21.9. The predicted molar refractivity (Wildman–Crippen MR) is 73.5 cm³/mol. The van der Waals surface area contributed by atoms with Crippen LogP contribution in [-0.2, 0) is 9.53 Å². The van der Waals surface area contributed by atoms with Crippen molar-refractivity contribution in [3.8, 4) is 0 Å². The van der Waals surface area contributed by atoms with Crippen LogP contribution in [0.4, 0.5) is 0 Å². The molecule has 0 spiro atoms. The minimum atomic E-state index is -0.739. The van der Waals surface area contributed by atoms with Crippen LogP contribution >= 0.6 is 11.8 Å². The SMILES string of the molecule is COC(=O)C1CC(O)CN1C(=O)c1cccnc1SC. The van der Waals surface area contributed by atoms with E-state index in [0.29, 0.717) is 10.6 Å². The van der Waals surface area contributed by atoms with Gasteiger partial charge in [-0.15, -0.1) is 11.8 Å². The molecule has 0 aliphatic carbocycles. The zero-order chi connectivity index (χ0) is 14.7. The molecule has 1 aliphatic rings. The highest BCUT2D eigenvalue weighted by Gasteiger charge is 2.40. The summed E-state index contributed by atoms with van der Waals surface area (Å²) in [7, 11) is 1.27. The maximum absolute atomic E-state index is 12.6. The number of aliphatic hydroxyl groups excluding tert-OH is 1. The number of hydrogen-bond acceptors (Lipinski definition) is 6. The van der Waals surface area contributed by atoms with E-state index in [4.69, 9.17) is 4.74 Å². The van der Waals surface area contributed by atoms with Crippen LogP contribution in [0, 0.1) is 0 Å². The molecule has 1 aromatic rings. The van der Waals surface area contributed by atoms with Gasteiger partial charge in [-0.3, -0.25) is 4.79 Å². The van der Waals surface area contributed by atoms with Gasteiger partial charge in [-0.1, -0.05) is 0 Å². The lowest BCUT2D eigenvalue weighted by Gasteiger charge is -2.22. The number of β-amino-alcohol motifs (C(OH)–C–C–N with tert-alkyl or cyclic N) is 1. The number of amides is 1. The number of likely N-dealkylation sites (tertiary alicyclic amines) is 1. The van der Waals surface area contributed by atoms with Gasteiger partial charge in [0.05, 0.1) is 18.8 Å². The Labute approximate surface area is 121 Å². The van der Waals surface area contributed by atoms with Gasteiger partial charge in [-0.25, -0.2) is 9.78 Å². The van der Waals surface area contributed by atoms with Crippen LogP contribution in [0.1, 0.15) is 16.8 Å². The molecular weight excluding hydrogens is 280 g/mol. The van der Waals surface area contributed by atoms with Crippen molar-refractivity contribution in [2.45, 2.75) is 23.6 Å². The van der Waals surface area contributed by atoms with Gasteiger partial charge in [0.2, 0.25) is 0 Å². The maximum atomic E-state index is 12.6. The molecule has 1 saturated heterocycles. The first-order valence-corrected chi connectivity index (χ1v) is 7.36. The van der Waals surface area contributed by atoms with Crippen LogP contribution in [0.5, 0.6) is 0 Å². The Morgan fingerprint density at radius 3 is 2.95 bits per heavy atom. The van der Waals surface area contributed by atoms with Crippen LogP contribution in [0.25, 0.3) is 0 Å². The van der Waals surface area contributed by atoms with Gasteiger partial charge >= 0.3 is 5.97 Å². The van der Waals surface area contributed by atoms with Crippen LogP contribution in [0.2, 0.25) is 0 Å². The predicted octanol–water partition coefficient (Wildman–Crippen LogP) is 0.552. The first-order chi connectivity index (χ1) is 9.58. The fraction of sp³-hybridized carbons (Fsp3) is 0.462. The minimum Gasteiger partial charge on any atom is -0.467 e. The summed E-state index contributed by atoms with van der Waals surface area (Å²) in [5.74, 6) is -0.820. The largest absolute Gasteiger partial charge is 0.467 e. The molecule has 1 fully saturated rings. The molecular formula is C13H16N2O4S. The lowest BCUT2D eigenvalue weighted by molar-refractivity contribution is -0.145. The Hall–Kier alpha value is -1.60. The van der Waals surface area contributed by atoms with Crippen molar-refractivity contribution < 1.29 is 19.4 Å². The van der Waals surface area contributed by atoms with Gasteiger partial charge < -0.3 is 14.7 Å². The first-order valence-electron chi connectivity index (χ1n) is 6.14. The Kier molecular flexibility index (Phi) is 4.61. The third kappa shape index (κ3) is 2.78. The van der Waals surface area contributed by atoms with E-state index in [-0.39, 0.29) is 18.9 Å². The highest BCUT2D eigenvalue weighted by molar-refractivity contribution is 7.98. The third-order valence-electron chi connectivity index (χ3n) is 3.21. The van der Waals surface area contributed by atoms with Crippen molar-refractivity contribution >= 4 is 23.6 Å². The van der Waals surface area contributed by atoms with Gasteiger partial charge in [-0.2, -0.15) is 0 Å². The quantitative estimate of drug-likeness (QED) is 0.648. The summed E-state index contributed by atoms with van der Waals surface area (Å²) >= 11 is 1.36. The Balaban J connectivity index is 2.29. The zero-order valence-corrected chi connectivity index (χ0v) is 12.1. The average molecular weight is 296 g/mol. The number of carbonyl (C=O) groups is 2. The fourth-order valence-electron chi connectivity index (χ4n) is 2.27. The maximum Gasteiger partial charge on any atom is 0.328 e. The fourth-order valence-corrected chi connectivity index (χ4v) is 2.81. The number of aliphatic hydroxyl groups is 1. The highest BCUT2D eigenvalue weighted by Crippen LogP contribution is 2.25. The number of pyridine rings is 1. The van der Waals surface area contributed by atoms with Gasteiger partial charge in [0.15, 0.2) is 0 Å². The molecule has 2 rings (SSSR count). The molecule has 6 nitrogen and oxygen atoms in total. The number of hydrogen-bond donors (Lipinski definition) is 1. The summed E-state index contributed by atoms with van der Waals surface area (Å²) in [6.45, 7) is 0.126. The van der Waals surface area contributed by atoms with Gasteiger partial charge in [0.25, 0.3) is 5.91 Å². The standard InChI is InChI=1S/C13H16N2O4S/c1-19-13(18)10-6-8(16)7-15(10)12(17)9-4-3-5-14-11(9)20-2/h3-5,8,10,16H,6-7H2,1-2H3. The van der Waals surface area contributed by atoms with E-state index in [9.17, 15) is 14.7 Å². The Morgan fingerprint density at radius 1 is 1.55 bits per heavy atom. The summed E-state index contributed by atoms with van der Waals surface area (Å²) in [4.78, 5) is 29.8. The second-order valence-electron chi connectivity index (χ2n) is 4.45. The molecule has 1 N–H and O–H groups in total. The molecule has 0 saturated carbocycles. The summed E-state index contributed by atoms with van der Waals surface area (Å²) in [5.41, 5.74) is 0.433. The molecule has 2 heterocycles. The minimum absolute atomic E-state index is 0.126. The van der Waals surface area contributed by atoms with Gasteiger partial charge in [0, 0.05) is 19.2 Å². The van der Waals surface area contributed by atoms with Gasteiger partial charge in [0.1, 0.15) is 11.1 Å². The highest BCUT2D eigenvalue weighted by atomic mass is 32.2. The van der Waals surface area contributed by atoms with E-state index < -0.39 is 18.1 Å². The summed E-state index contributed by atoms with van der Waals surface area (Å²) < 4.78 is 4.69. The number of methoxy groups -OCH3 is 1. The van der Waals surface area contributed by atoms with E-state index in [1.165, 1.54) is 23.8 Å². The molecule has 1 aliphatic heterocycles. The molecule has 20 heavy (non-hydrogen) atoms. The van der Waals surface area contributed by atoms with E-state index in [1.807, 2.05) is 6.26 Å². The summed E-state index contributed by atoms with van der Waals surface area (Å²) in [6.07, 6.45) is 2.93. The molecule has 2 unspecified atom stereocenters. The van der Waals surface area contributed by atoms with Crippen molar-refractivity contribution in [3.05, 3.63) is 23.9 Å². The van der Waals surface area contributed by atoms with Crippen molar-refractivity contribution in [1.29, 1.82) is 0 Å². The molecule has 0 bridgehead atoms. The lowest BCUT2D eigenvalue weighted by atomic mass is 10.2. The molecule has 0 aromatic carbocycles. The summed E-state index contributed by atoms with van der Waals surface area (Å²) in [6, 6.07) is 2.60. The number of rotatable bonds is 3. The molecule has 2 atom stereocenters. The van der Waals surface area contributed by atoms with Gasteiger partial charge in [-0.05, 0) is 18.4 Å². The average Bonchev–Trinajstić information content (AvgIpc) is 2.87. The zero-order valence-electron chi connectivity index (χ0n) is 11.3. The summed E-state index contributed by atoms with van der Waals surface area (Å²) in [5, 5.41) is 10.3. The smallest absolute Gasteiger partial charge is 0.328 e. The van der Waals surface area contributed by atoms with E-state index in [0.717, 1.165) is 0 Å². The number of esters is 1. The van der Waals surface area contributed by atoms with Crippen LogP contribution in [-0.4, -0.2) is 58.9 Å². The monoisotopic (exact) mass is 296 g/mol. The first kappa shape index (κ1) is 14.8. The number of ether oxygens (including phenoxy) is 1. The van der Waals surface area contributed by atoms with Crippen molar-refractivity contribution in [3.63, 3.8) is 0 Å². The molecule has 7 heteroatoms. The molecule has 0 radical (unpaired) electrons. The second kappa shape index (κ2) is 6.23. The number of nitrogens with zero attached hydrogens (tertiary/aromatic N) is 2. The number of aromatic nitrogens is 1. The molecule has 1 amide bonds. The van der Waals surface area contributed by atoms with E-state index in [2.05, 4.69) is 4.98 Å². The molecule has 1 aromatic heterocycles. The Morgan fingerprint density at radius 2 is 2.30 bits per heavy atom. The van der Waals surface area contributed by atoms with Crippen LogP contribution in [0.3, 0.4) is 0 Å². The van der Waals surface area contributed by atoms with Crippen molar-refractivity contribution in [1.82, 2.24) is 9.88 Å². The van der Waals surface area contributed by atoms with Crippen molar-refractivity contribution in [2.24, 2.45) is 0 Å². The van der Waals surface area contributed by atoms with E-state index >= 15 is 0 Å². The molecule has 108 valence electrons. The topological polar surface area (TPSA) is 79.7 Å². The lowest BCUT2D eigenvalue weighted by Crippen LogP contribution is -2.41.